The number of halogens is 1. The molecule has 4 rings (SSSR count). The molecular formula is C26H30IN5O. The maximum Gasteiger partial charge on any atom is 0.250 e. The normalized spacial score (nSPS) is 11.2. The maximum absolute atomic E-state index is 11.9. The molecule has 0 saturated carbocycles. The van der Waals surface area contributed by atoms with Crippen molar-refractivity contribution in [2.75, 3.05) is 13.6 Å². The van der Waals surface area contributed by atoms with Crippen molar-refractivity contribution < 1.29 is 0 Å². The summed E-state index contributed by atoms with van der Waals surface area (Å²) in [5, 5.41) is 8.03. The van der Waals surface area contributed by atoms with Crippen LogP contribution in [0.1, 0.15) is 17.5 Å². The molecule has 0 atom stereocenters. The lowest BCUT2D eigenvalue weighted by Crippen LogP contribution is -2.37. The predicted molar refractivity (Wildman–Crippen MR) is 146 cm³/mol. The third-order valence-corrected chi connectivity index (χ3v) is 5.51. The van der Waals surface area contributed by atoms with Crippen LogP contribution in [0.4, 0.5) is 0 Å². The fraction of sp³-hybridized carbons (Fsp3) is 0.231. The van der Waals surface area contributed by atoms with Crippen LogP contribution in [-0.2, 0) is 19.6 Å². The summed E-state index contributed by atoms with van der Waals surface area (Å²) >= 11 is 0. The van der Waals surface area contributed by atoms with E-state index in [2.05, 4.69) is 81.0 Å². The number of aryl methyl sites for hydroxylation is 1. The van der Waals surface area contributed by atoms with E-state index in [0.29, 0.717) is 13.1 Å². The molecule has 0 fully saturated rings. The highest BCUT2D eigenvalue weighted by Gasteiger charge is 2.02. The van der Waals surface area contributed by atoms with E-state index in [1.807, 2.05) is 12.3 Å². The fourth-order valence-electron chi connectivity index (χ4n) is 3.75. The minimum Gasteiger partial charge on any atom is -0.356 e. The molecule has 6 nitrogen and oxygen atoms in total. The standard InChI is InChI=1S/C26H29N5O.HI/c1-27-26(28-15-6-17-30-18-14-23-7-2-3-8-24(23)30)29-19-21-10-12-22(13-11-21)20-31-16-5-4-9-25(31)32;/h2-5,7-14,16,18H,6,15,17,19-20H2,1H3,(H2,27,28,29);1H. The van der Waals surface area contributed by atoms with E-state index >= 15 is 0 Å². The Labute approximate surface area is 211 Å². The van der Waals surface area contributed by atoms with Crippen LogP contribution in [0.3, 0.4) is 0 Å². The SMILES string of the molecule is CN=C(NCCCn1ccc2ccccc21)NCc1ccc(Cn2ccccc2=O)cc1.I. The van der Waals surface area contributed by atoms with Crippen LogP contribution in [-0.4, -0.2) is 28.7 Å². The number of fused-ring (bicyclic) bond motifs is 1. The number of para-hydroxylation sites is 1. The van der Waals surface area contributed by atoms with E-state index in [0.717, 1.165) is 36.6 Å². The van der Waals surface area contributed by atoms with Gasteiger partial charge in [-0.25, -0.2) is 0 Å². The first-order valence-electron chi connectivity index (χ1n) is 10.9. The van der Waals surface area contributed by atoms with E-state index in [4.69, 9.17) is 0 Å². The summed E-state index contributed by atoms with van der Waals surface area (Å²) in [7, 11) is 1.79. The van der Waals surface area contributed by atoms with Crippen LogP contribution in [0.25, 0.3) is 10.9 Å². The van der Waals surface area contributed by atoms with Crippen LogP contribution in [0, 0.1) is 0 Å². The number of rotatable bonds is 8. The fourth-order valence-corrected chi connectivity index (χ4v) is 3.75. The molecule has 2 aromatic carbocycles. The number of aliphatic imine (C=N–C) groups is 1. The van der Waals surface area contributed by atoms with Crippen LogP contribution >= 0.6 is 24.0 Å². The van der Waals surface area contributed by atoms with E-state index in [-0.39, 0.29) is 29.5 Å². The van der Waals surface area contributed by atoms with Crippen LogP contribution in [0.15, 0.2) is 95.0 Å². The van der Waals surface area contributed by atoms with Gasteiger partial charge in [-0.15, -0.1) is 24.0 Å². The summed E-state index contributed by atoms with van der Waals surface area (Å²) in [6.45, 7) is 3.07. The first-order valence-corrected chi connectivity index (χ1v) is 10.9. The van der Waals surface area contributed by atoms with E-state index < -0.39 is 0 Å². The van der Waals surface area contributed by atoms with Gasteiger partial charge in [-0.05, 0) is 41.1 Å². The summed E-state index contributed by atoms with van der Waals surface area (Å²) in [4.78, 5) is 16.2. The quantitative estimate of drug-likeness (QED) is 0.148. The van der Waals surface area contributed by atoms with Gasteiger partial charge < -0.3 is 19.8 Å². The lowest BCUT2D eigenvalue weighted by atomic mass is 10.1. The molecule has 0 radical (unpaired) electrons. The average molecular weight is 555 g/mol. The number of pyridine rings is 1. The first kappa shape index (κ1) is 24.6. The Kier molecular flexibility index (Phi) is 9.12. The molecule has 7 heteroatoms. The predicted octanol–water partition coefficient (Wildman–Crippen LogP) is 4.22. The summed E-state index contributed by atoms with van der Waals surface area (Å²) in [6, 6.07) is 24.1. The Hall–Kier alpha value is -3.07. The van der Waals surface area contributed by atoms with Gasteiger partial charge in [0.1, 0.15) is 0 Å². The van der Waals surface area contributed by atoms with Crippen molar-refractivity contribution in [1.29, 1.82) is 0 Å². The molecule has 0 amide bonds. The Morgan fingerprint density at radius 2 is 1.61 bits per heavy atom. The molecule has 0 unspecified atom stereocenters. The second-order valence-electron chi connectivity index (χ2n) is 7.76. The van der Waals surface area contributed by atoms with Crippen LogP contribution in [0.5, 0.6) is 0 Å². The third kappa shape index (κ3) is 6.71. The molecule has 0 aliphatic heterocycles. The second kappa shape index (κ2) is 12.2. The van der Waals surface area contributed by atoms with E-state index in [9.17, 15) is 4.79 Å². The van der Waals surface area contributed by atoms with Gasteiger partial charge in [0.25, 0.3) is 5.56 Å². The van der Waals surface area contributed by atoms with Gasteiger partial charge >= 0.3 is 0 Å². The molecule has 172 valence electrons. The number of nitrogens with zero attached hydrogens (tertiary/aromatic N) is 3. The summed E-state index contributed by atoms with van der Waals surface area (Å²) < 4.78 is 3.99. The monoisotopic (exact) mass is 555 g/mol. The number of benzene rings is 2. The Morgan fingerprint density at radius 1 is 0.848 bits per heavy atom. The zero-order valence-electron chi connectivity index (χ0n) is 18.8. The molecular weight excluding hydrogens is 525 g/mol. The van der Waals surface area contributed by atoms with Crippen molar-refractivity contribution >= 4 is 40.8 Å². The smallest absolute Gasteiger partial charge is 0.250 e. The maximum atomic E-state index is 11.9. The Bertz CT molecular complexity index is 1240. The summed E-state index contributed by atoms with van der Waals surface area (Å²) in [6.07, 6.45) is 4.97. The zero-order chi connectivity index (χ0) is 22.2. The molecule has 2 N–H and O–H groups in total. The van der Waals surface area contributed by atoms with E-state index in [1.165, 1.54) is 10.9 Å². The molecule has 0 saturated heterocycles. The Morgan fingerprint density at radius 3 is 2.39 bits per heavy atom. The van der Waals surface area contributed by atoms with Crippen molar-refractivity contribution in [3.05, 3.63) is 107 Å². The van der Waals surface area contributed by atoms with Gasteiger partial charge in [0.15, 0.2) is 5.96 Å². The molecule has 33 heavy (non-hydrogen) atoms. The third-order valence-electron chi connectivity index (χ3n) is 5.51. The highest BCUT2D eigenvalue weighted by atomic mass is 127. The highest BCUT2D eigenvalue weighted by Crippen LogP contribution is 2.15. The van der Waals surface area contributed by atoms with Gasteiger partial charge in [0.05, 0.1) is 6.54 Å². The van der Waals surface area contributed by atoms with Gasteiger partial charge in [-0.3, -0.25) is 9.79 Å². The van der Waals surface area contributed by atoms with Gasteiger partial charge in [-0.1, -0.05) is 48.5 Å². The van der Waals surface area contributed by atoms with E-state index in [1.54, 1.807) is 23.7 Å². The molecule has 0 spiro atoms. The van der Waals surface area contributed by atoms with Crippen molar-refractivity contribution in [2.24, 2.45) is 4.99 Å². The highest BCUT2D eigenvalue weighted by molar-refractivity contribution is 14.0. The van der Waals surface area contributed by atoms with Gasteiger partial charge in [0, 0.05) is 50.7 Å². The zero-order valence-corrected chi connectivity index (χ0v) is 21.1. The van der Waals surface area contributed by atoms with Crippen molar-refractivity contribution in [2.45, 2.75) is 26.1 Å². The Balaban J connectivity index is 0.00000306. The number of hydrogen-bond donors (Lipinski definition) is 2. The number of aromatic nitrogens is 2. The average Bonchev–Trinajstić information content (AvgIpc) is 3.24. The summed E-state index contributed by atoms with van der Waals surface area (Å²) in [5.41, 5.74) is 3.55. The van der Waals surface area contributed by atoms with Gasteiger partial charge in [0.2, 0.25) is 0 Å². The summed E-state index contributed by atoms with van der Waals surface area (Å²) in [5.74, 6) is 0.794. The number of nitrogens with one attached hydrogen (secondary N) is 2. The van der Waals surface area contributed by atoms with Crippen LogP contribution in [0.2, 0.25) is 0 Å². The lowest BCUT2D eigenvalue weighted by molar-refractivity contribution is 0.640. The van der Waals surface area contributed by atoms with Crippen LogP contribution < -0.4 is 16.2 Å². The topological polar surface area (TPSA) is 63.4 Å². The minimum atomic E-state index is 0. The minimum absolute atomic E-state index is 0. The van der Waals surface area contributed by atoms with Crippen molar-refractivity contribution in [1.82, 2.24) is 19.8 Å². The molecule has 0 bridgehead atoms. The molecule has 2 aromatic heterocycles. The van der Waals surface area contributed by atoms with Gasteiger partial charge in [-0.2, -0.15) is 0 Å². The first-order chi connectivity index (χ1) is 15.7. The molecule has 0 aliphatic carbocycles. The van der Waals surface area contributed by atoms with Crippen molar-refractivity contribution in [3.63, 3.8) is 0 Å². The number of guanidine groups is 1. The molecule has 0 aliphatic rings. The molecule has 2 heterocycles. The van der Waals surface area contributed by atoms with Crippen molar-refractivity contribution in [3.8, 4) is 0 Å². The second-order valence-corrected chi connectivity index (χ2v) is 7.76. The lowest BCUT2D eigenvalue weighted by Gasteiger charge is -2.13. The largest absolute Gasteiger partial charge is 0.356 e. The molecule has 4 aromatic rings. The number of hydrogen-bond acceptors (Lipinski definition) is 2.